The minimum absolute atomic E-state index is 0.118. The molecular weight excluding hydrogens is 506 g/mol. The summed E-state index contributed by atoms with van der Waals surface area (Å²) in [7, 11) is 0. The molecule has 6 aromatic rings. The molecular formula is C36H31N3O2. The summed E-state index contributed by atoms with van der Waals surface area (Å²) in [4.78, 5) is 35.5. The Morgan fingerprint density at radius 2 is 1.49 bits per heavy atom. The standard InChI is InChI=1S/C36H31N3O2/c1-24-20-21-33(25(2)22-24)39-34(37-32-19-10-9-17-31(32)36(39)41)26(3)38(23-27-12-5-4-6-13-27)35(40)30-18-11-15-28-14-7-8-16-29(28)30/h4-22,26H,23H2,1-3H3. The second kappa shape index (κ2) is 10.9. The summed E-state index contributed by atoms with van der Waals surface area (Å²) in [5.41, 5.74) is 4.91. The van der Waals surface area contributed by atoms with Crippen LogP contribution in [0.1, 0.15) is 45.8 Å². The number of aromatic nitrogens is 2. The van der Waals surface area contributed by atoms with E-state index in [1.807, 2.05) is 135 Å². The number of fused-ring (bicyclic) bond motifs is 2. The zero-order valence-corrected chi connectivity index (χ0v) is 23.4. The molecule has 5 nitrogen and oxygen atoms in total. The second-order valence-corrected chi connectivity index (χ2v) is 10.5. The second-order valence-electron chi connectivity index (χ2n) is 10.5. The third-order valence-corrected chi connectivity index (χ3v) is 7.71. The molecule has 0 spiro atoms. The van der Waals surface area contributed by atoms with Gasteiger partial charge in [0.2, 0.25) is 0 Å². The van der Waals surface area contributed by atoms with Crippen molar-refractivity contribution in [1.29, 1.82) is 0 Å². The number of rotatable bonds is 6. The lowest BCUT2D eigenvalue weighted by atomic mass is 10.0. The van der Waals surface area contributed by atoms with E-state index in [4.69, 9.17) is 4.98 Å². The van der Waals surface area contributed by atoms with Gasteiger partial charge in [0.15, 0.2) is 0 Å². The van der Waals surface area contributed by atoms with Crippen molar-refractivity contribution in [2.24, 2.45) is 0 Å². The first-order chi connectivity index (χ1) is 19.9. The normalized spacial score (nSPS) is 12.0. The Labute approximate surface area is 239 Å². The fourth-order valence-corrected chi connectivity index (χ4v) is 5.59. The van der Waals surface area contributed by atoms with Crippen LogP contribution in [0.15, 0.2) is 120 Å². The largest absolute Gasteiger partial charge is 0.324 e. The third kappa shape index (κ3) is 4.91. The number of nitrogens with zero attached hydrogens (tertiary/aromatic N) is 3. The van der Waals surface area contributed by atoms with Crippen LogP contribution in [0.2, 0.25) is 0 Å². The van der Waals surface area contributed by atoms with E-state index in [0.717, 1.165) is 33.2 Å². The Morgan fingerprint density at radius 3 is 2.27 bits per heavy atom. The van der Waals surface area contributed by atoms with Gasteiger partial charge in [0, 0.05) is 12.1 Å². The molecule has 0 aliphatic rings. The number of hydrogen-bond acceptors (Lipinski definition) is 3. The van der Waals surface area contributed by atoms with Gasteiger partial charge in [0.1, 0.15) is 5.82 Å². The van der Waals surface area contributed by atoms with Crippen molar-refractivity contribution in [1.82, 2.24) is 14.5 Å². The molecule has 202 valence electrons. The average Bonchev–Trinajstić information content (AvgIpc) is 3.00. The minimum atomic E-state index is -0.528. The molecule has 0 saturated heterocycles. The maximum atomic E-state index is 14.5. The van der Waals surface area contributed by atoms with Gasteiger partial charge < -0.3 is 4.90 Å². The maximum absolute atomic E-state index is 14.5. The molecule has 5 aromatic carbocycles. The number of carbonyl (C=O) groups is 1. The van der Waals surface area contributed by atoms with E-state index in [9.17, 15) is 9.59 Å². The Bertz CT molecular complexity index is 1950. The molecule has 1 heterocycles. The fourth-order valence-electron chi connectivity index (χ4n) is 5.59. The summed E-state index contributed by atoms with van der Waals surface area (Å²) in [6.45, 7) is 6.36. The summed E-state index contributed by atoms with van der Waals surface area (Å²) in [6, 6.07) is 36.6. The number of benzene rings is 5. The molecule has 0 aliphatic heterocycles. The van der Waals surface area contributed by atoms with E-state index in [-0.39, 0.29) is 11.5 Å². The van der Waals surface area contributed by atoms with Gasteiger partial charge in [-0.15, -0.1) is 0 Å². The van der Waals surface area contributed by atoms with Crippen LogP contribution >= 0.6 is 0 Å². The van der Waals surface area contributed by atoms with Crippen LogP contribution in [0.5, 0.6) is 0 Å². The van der Waals surface area contributed by atoms with Gasteiger partial charge in [-0.1, -0.05) is 96.6 Å². The summed E-state index contributed by atoms with van der Waals surface area (Å²) in [5.74, 6) is 0.401. The van der Waals surface area contributed by atoms with Crippen LogP contribution in [0.25, 0.3) is 27.4 Å². The van der Waals surface area contributed by atoms with Gasteiger partial charge in [0.25, 0.3) is 11.5 Å². The van der Waals surface area contributed by atoms with Crippen LogP contribution in [0, 0.1) is 13.8 Å². The molecule has 1 amide bonds. The van der Waals surface area contributed by atoms with Crippen molar-refractivity contribution in [3.63, 3.8) is 0 Å². The average molecular weight is 538 g/mol. The lowest BCUT2D eigenvalue weighted by molar-refractivity contribution is 0.0666. The molecule has 1 unspecified atom stereocenters. The smallest absolute Gasteiger partial charge is 0.266 e. The van der Waals surface area contributed by atoms with Crippen molar-refractivity contribution >= 4 is 27.6 Å². The first kappa shape index (κ1) is 26.2. The lowest BCUT2D eigenvalue weighted by Gasteiger charge is -2.31. The van der Waals surface area contributed by atoms with E-state index in [1.54, 1.807) is 4.57 Å². The van der Waals surface area contributed by atoms with Gasteiger partial charge in [-0.2, -0.15) is 0 Å². The minimum Gasteiger partial charge on any atom is -0.324 e. The molecule has 0 radical (unpaired) electrons. The molecule has 0 bridgehead atoms. The Hall–Kier alpha value is -5.03. The van der Waals surface area contributed by atoms with Crippen LogP contribution in [0.3, 0.4) is 0 Å². The molecule has 6 rings (SSSR count). The topological polar surface area (TPSA) is 55.2 Å². The number of aryl methyl sites for hydroxylation is 2. The van der Waals surface area contributed by atoms with Crippen molar-refractivity contribution < 1.29 is 4.79 Å². The first-order valence-corrected chi connectivity index (χ1v) is 13.8. The van der Waals surface area contributed by atoms with Crippen molar-refractivity contribution in [2.45, 2.75) is 33.4 Å². The summed E-state index contributed by atoms with van der Waals surface area (Å²) in [6.07, 6.45) is 0. The van der Waals surface area contributed by atoms with E-state index < -0.39 is 6.04 Å². The highest BCUT2D eigenvalue weighted by Gasteiger charge is 2.29. The van der Waals surface area contributed by atoms with E-state index in [2.05, 4.69) is 6.07 Å². The predicted octanol–water partition coefficient (Wildman–Crippen LogP) is 7.56. The number of hydrogen-bond donors (Lipinski definition) is 0. The zero-order valence-electron chi connectivity index (χ0n) is 23.4. The zero-order chi connectivity index (χ0) is 28.5. The molecule has 0 saturated carbocycles. The monoisotopic (exact) mass is 537 g/mol. The molecule has 0 aliphatic carbocycles. The quantitative estimate of drug-likeness (QED) is 0.220. The van der Waals surface area contributed by atoms with E-state index in [1.165, 1.54) is 0 Å². The van der Waals surface area contributed by atoms with Crippen molar-refractivity contribution in [3.8, 4) is 5.69 Å². The Kier molecular flexibility index (Phi) is 6.94. The Morgan fingerprint density at radius 1 is 0.805 bits per heavy atom. The molecule has 5 heteroatoms. The number of carbonyl (C=O) groups excluding carboxylic acids is 1. The molecule has 1 atom stereocenters. The van der Waals surface area contributed by atoms with E-state index in [0.29, 0.717) is 28.8 Å². The van der Waals surface area contributed by atoms with Gasteiger partial charge in [-0.25, -0.2) is 4.98 Å². The third-order valence-electron chi connectivity index (χ3n) is 7.71. The predicted molar refractivity (Wildman–Crippen MR) is 165 cm³/mol. The summed E-state index contributed by atoms with van der Waals surface area (Å²) in [5, 5.41) is 2.43. The van der Waals surface area contributed by atoms with Gasteiger partial charge in [-0.05, 0) is 66.9 Å². The van der Waals surface area contributed by atoms with E-state index >= 15 is 0 Å². The lowest BCUT2D eigenvalue weighted by Crippen LogP contribution is -2.37. The van der Waals surface area contributed by atoms with Crippen LogP contribution in [-0.4, -0.2) is 20.4 Å². The summed E-state index contributed by atoms with van der Waals surface area (Å²) < 4.78 is 1.69. The van der Waals surface area contributed by atoms with Crippen molar-refractivity contribution in [2.75, 3.05) is 0 Å². The highest BCUT2D eigenvalue weighted by molar-refractivity contribution is 6.07. The molecule has 0 N–H and O–H groups in total. The SMILES string of the molecule is Cc1ccc(-n2c(C(C)N(Cc3ccccc3)C(=O)c3cccc4ccccc34)nc3ccccc3c2=O)c(C)c1. The number of para-hydroxylation sites is 1. The fraction of sp³-hybridized carbons (Fsp3) is 0.139. The summed E-state index contributed by atoms with van der Waals surface area (Å²) >= 11 is 0. The van der Waals surface area contributed by atoms with Gasteiger partial charge >= 0.3 is 0 Å². The molecule has 0 fully saturated rings. The van der Waals surface area contributed by atoms with Gasteiger partial charge in [0.05, 0.1) is 22.6 Å². The van der Waals surface area contributed by atoms with Crippen LogP contribution in [0.4, 0.5) is 0 Å². The molecule has 41 heavy (non-hydrogen) atoms. The molecule has 1 aromatic heterocycles. The highest BCUT2D eigenvalue weighted by Crippen LogP contribution is 2.29. The number of amides is 1. The van der Waals surface area contributed by atoms with Crippen LogP contribution < -0.4 is 5.56 Å². The van der Waals surface area contributed by atoms with Crippen molar-refractivity contribution in [3.05, 3.63) is 154 Å². The highest BCUT2D eigenvalue weighted by atomic mass is 16.2. The van der Waals surface area contributed by atoms with Crippen LogP contribution in [-0.2, 0) is 6.54 Å². The van der Waals surface area contributed by atoms with Gasteiger partial charge in [-0.3, -0.25) is 14.2 Å². The maximum Gasteiger partial charge on any atom is 0.266 e. The Balaban J connectivity index is 1.58. The first-order valence-electron chi connectivity index (χ1n) is 13.8.